The van der Waals surface area contributed by atoms with Gasteiger partial charge in [0.1, 0.15) is 0 Å². The highest BCUT2D eigenvalue weighted by atomic mass is 16.7. The fourth-order valence-corrected chi connectivity index (χ4v) is 2.87. The normalized spacial score (nSPS) is 13.0. The number of benzene rings is 1. The number of aryl methyl sites for hydroxylation is 1. The first-order chi connectivity index (χ1) is 12.0. The summed E-state index contributed by atoms with van der Waals surface area (Å²) in [6, 6.07) is 7.14. The Morgan fingerprint density at radius 2 is 2.04 bits per heavy atom. The largest absolute Gasteiger partial charge is 0.454 e. The average molecular weight is 341 g/mol. The quantitative estimate of drug-likeness (QED) is 0.671. The molecule has 25 heavy (non-hydrogen) atoms. The van der Waals surface area contributed by atoms with Crippen molar-refractivity contribution in [3.8, 4) is 11.5 Å². The molecular weight excluding hydrogens is 318 g/mol. The van der Waals surface area contributed by atoms with Gasteiger partial charge in [0.05, 0.1) is 6.21 Å². The molecule has 0 bridgehead atoms. The minimum absolute atomic E-state index is 0.185. The van der Waals surface area contributed by atoms with Crippen LogP contribution in [0.4, 0.5) is 0 Å². The Bertz CT molecular complexity index is 822. The van der Waals surface area contributed by atoms with Crippen LogP contribution in [0.5, 0.6) is 11.5 Å². The predicted octanol–water partition coefficient (Wildman–Crippen LogP) is 3.25. The van der Waals surface area contributed by atoms with Crippen molar-refractivity contribution in [1.82, 2.24) is 9.99 Å². The number of hydrogen-bond acceptors (Lipinski definition) is 4. The van der Waals surface area contributed by atoms with E-state index in [1.807, 2.05) is 0 Å². The number of aromatic nitrogens is 1. The second-order valence-corrected chi connectivity index (χ2v) is 6.60. The molecule has 3 rings (SSSR count). The Labute approximate surface area is 147 Å². The van der Waals surface area contributed by atoms with E-state index in [1.165, 1.54) is 5.69 Å². The molecule has 0 aliphatic carbocycles. The molecule has 1 N–H and O–H groups in total. The van der Waals surface area contributed by atoms with Crippen LogP contribution in [-0.4, -0.2) is 23.5 Å². The lowest BCUT2D eigenvalue weighted by Crippen LogP contribution is -2.17. The molecule has 132 valence electrons. The molecular formula is C19H23N3O3. The zero-order valence-electron chi connectivity index (χ0n) is 15.0. The molecule has 6 heteroatoms. The molecule has 0 saturated heterocycles. The summed E-state index contributed by atoms with van der Waals surface area (Å²) < 4.78 is 12.8. The Hall–Kier alpha value is -2.76. The van der Waals surface area contributed by atoms with Crippen LogP contribution in [0, 0.1) is 19.8 Å². The SMILES string of the molecule is Cc1cc(C=NNC(=O)c2ccc3c(c2)OCO3)c(C)n1CC(C)C. The minimum atomic E-state index is -0.287. The van der Waals surface area contributed by atoms with Gasteiger partial charge in [-0.25, -0.2) is 5.43 Å². The first-order valence-corrected chi connectivity index (χ1v) is 8.35. The summed E-state index contributed by atoms with van der Waals surface area (Å²) in [7, 11) is 0. The van der Waals surface area contributed by atoms with E-state index in [0.717, 1.165) is 17.8 Å². The molecule has 0 fully saturated rings. The van der Waals surface area contributed by atoms with Crippen LogP contribution in [0.2, 0.25) is 0 Å². The molecule has 1 aliphatic heterocycles. The molecule has 1 aromatic heterocycles. The van der Waals surface area contributed by atoms with Crippen LogP contribution in [-0.2, 0) is 6.54 Å². The van der Waals surface area contributed by atoms with Crippen molar-refractivity contribution in [1.29, 1.82) is 0 Å². The zero-order valence-corrected chi connectivity index (χ0v) is 15.0. The minimum Gasteiger partial charge on any atom is -0.454 e. The van der Waals surface area contributed by atoms with Crippen molar-refractivity contribution in [2.24, 2.45) is 11.0 Å². The van der Waals surface area contributed by atoms with Crippen LogP contribution in [0.1, 0.15) is 41.2 Å². The summed E-state index contributed by atoms with van der Waals surface area (Å²) in [6.07, 6.45) is 1.68. The topological polar surface area (TPSA) is 64.8 Å². The Morgan fingerprint density at radius 1 is 1.28 bits per heavy atom. The summed E-state index contributed by atoms with van der Waals surface area (Å²) in [5, 5.41) is 4.10. The number of hydrogen-bond donors (Lipinski definition) is 1. The number of hydrazone groups is 1. The van der Waals surface area contributed by atoms with Gasteiger partial charge in [-0.05, 0) is 44.0 Å². The summed E-state index contributed by atoms with van der Waals surface area (Å²) >= 11 is 0. The van der Waals surface area contributed by atoms with Gasteiger partial charge in [0, 0.05) is 29.1 Å². The average Bonchev–Trinajstić information content (AvgIpc) is 3.14. The summed E-state index contributed by atoms with van der Waals surface area (Å²) in [6.45, 7) is 9.68. The molecule has 0 spiro atoms. The van der Waals surface area contributed by atoms with Crippen molar-refractivity contribution >= 4 is 12.1 Å². The third-order valence-electron chi connectivity index (χ3n) is 4.17. The van der Waals surface area contributed by atoms with Gasteiger partial charge in [0.25, 0.3) is 5.91 Å². The zero-order chi connectivity index (χ0) is 18.0. The van der Waals surface area contributed by atoms with Crippen LogP contribution in [0.15, 0.2) is 29.4 Å². The lowest BCUT2D eigenvalue weighted by molar-refractivity contribution is 0.0954. The number of nitrogens with zero attached hydrogens (tertiary/aromatic N) is 2. The fraction of sp³-hybridized carbons (Fsp3) is 0.368. The van der Waals surface area contributed by atoms with Crippen LogP contribution < -0.4 is 14.9 Å². The monoisotopic (exact) mass is 341 g/mol. The first-order valence-electron chi connectivity index (χ1n) is 8.35. The molecule has 0 unspecified atom stereocenters. The lowest BCUT2D eigenvalue weighted by Gasteiger charge is -2.11. The molecule has 0 saturated carbocycles. The Kier molecular flexibility index (Phi) is 4.79. The second kappa shape index (κ2) is 7.01. The van der Waals surface area contributed by atoms with Crippen molar-refractivity contribution < 1.29 is 14.3 Å². The van der Waals surface area contributed by atoms with Crippen LogP contribution in [0.3, 0.4) is 0 Å². The Morgan fingerprint density at radius 3 is 2.80 bits per heavy atom. The van der Waals surface area contributed by atoms with E-state index in [9.17, 15) is 4.79 Å². The van der Waals surface area contributed by atoms with Gasteiger partial charge in [-0.15, -0.1) is 0 Å². The van der Waals surface area contributed by atoms with E-state index in [4.69, 9.17) is 9.47 Å². The molecule has 0 atom stereocenters. The molecule has 2 aromatic rings. The third-order valence-corrected chi connectivity index (χ3v) is 4.17. The van der Waals surface area contributed by atoms with Gasteiger partial charge in [0.15, 0.2) is 11.5 Å². The molecule has 6 nitrogen and oxygen atoms in total. The lowest BCUT2D eigenvalue weighted by atomic mass is 10.2. The molecule has 2 heterocycles. The summed E-state index contributed by atoms with van der Waals surface area (Å²) in [5.74, 6) is 1.51. The summed E-state index contributed by atoms with van der Waals surface area (Å²) in [5.41, 5.74) is 6.38. The van der Waals surface area contributed by atoms with E-state index in [1.54, 1.807) is 24.4 Å². The van der Waals surface area contributed by atoms with E-state index in [2.05, 4.69) is 48.9 Å². The third kappa shape index (κ3) is 3.68. The number of nitrogens with one attached hydrogen (secondary N) is 1. The molecule has 1 amide bonds. The van der Waals surface area contributed by atoms with Crippen molar-refractivity contribution in [3.63, 3.8) is 0 Å². The molecule has 1 aromatic carbocycles. The van der Waals surface area contributed by atoms with Gasteiger partial charge in [0.2, 0.25) is 6.79 Å². The number of amides is 1. The fourth-order valence-electron chi connectivity index (χ4n) is 2.87. The maximum atomic E-state index is 12.2. The van der Waals surface area contributed by atoms with E-state index in [0.29, 0.717) is 23.0 Å². The van der Waals surface area contributed by atoms with Crippen molar-refractivity contribution in [3.05, 3.63) is 46.8 Å². The van der Waals surface area contributed by atoms with Crippen molar-refractivity contribution in [2.75, 3.05) is 6.79 Å². The number of ether oxygens (including phenoxy) is 2. The van der Waals surface area contributed by atoms with Gasteiger partial charge in [-0.3, -0.25) is 4.79 Å². The number of carbonyl (C=O) groups excluding carboxylic acids is 1. The standard InChI is InChI=1S/C19H23N3O3/c1-12(2)10-22-13(3)7-16(14(22)4)9-20-21-19(23)15-5-6-17-18(8-15)25-11-24-17/h5-9,12H,10-11H2,1-4H3,(H,21,23). The smallest absolute Gasteiger partial charge is 0.271 e. The number of carbonyl (C=O) groups is 1. The van der Waals surface area contributed by atoms with Gasteiger partial charge in [-0.1, -0.05) is 13.8 Å². The van der Waals surface area contributed by atoms with E-state index in [-0.39, 0.29) is 12.7 Å². The molecule has 1 aliphatic rings. The van der Waals surface area contributed by atoms with Crippen LogP contribution in [0.25, 0.3) is 0 Å². The second-order valence-electron chi connectivity index (χ2n) is 6.60. The van der Waals surface area contributed by atoms with Gasteiger partial charge in [-0.2, -0.15) is 5.10 Å². The highest BCUT2D eigenvalue weighted by molar-refractivity contribution is 5.95. The van der Waals surface area contributed by atoms with E-state index >= 15 is 0 Å². The maximum Gasteiger partial charge on any atom is 0.271 e. The highest BCUT2D eigenvalue weighted by Crippen LogP contribution is 2.32. The summed E-state index contributed by atoms with van der Waals surface area (Å²) in [4.78, 5) is 12.2. The van der Waals surface area contributed by atoms with Gasteiger partial charge >= 0.3 is 0 Å². The van der Waals surface area contributed by atoms with Crippen LogP contribution >= 0.6 is 0 Å². The highest BCUT2D eigenvalue weighted by Gasteiger charge is 2.16. The first kappa shape index (κ1) is 17.1. The molecule has 0 radical (unpaired) electrons. The predicted molar refractivity (Wildman–Crippen MR) is 96.4 cm³/mol. The number of rotatable bonds is 5. The van der Waals surface area contributed by atoms with E-state index < -0.39 is 0 Å². The Balaban J connectivity index is 1.68. The maximum absolute atomic E-state index is 12.2. The van der Waals surface area contributed by atoms with Crippen molar-refractivity contribution in [2.45, 2.75) is 34.2 Å². The van der Waals surface area contributed by atoms with Gasteiger partial charge < -0.3 is 14.0 Å². The number of fused-ring (bicyclic) bond motifs is 1.